The lowest BCUT2D eigenvalue weighted by Gasteiger charge is -2.48. The van der Waals surface area contributed by atoms with Gasteiger partial charge in [-0.3, -0.25) is 14.5 Å². The molecule has 0 aromatic carbocycles. The number of hydrogen-bond acceptors (Lipinski definition) is 8. The number of nitrogens with zero attached hydrogens (tertiary/aromatic N) is 6. The standard InChI is InChI=1S/C19H20N6O4S/c1-12-14(9-24(2)22-12)18(26)25-10-19(11-25)15(5-8-30(19,27)28)17-21-16(23-29-17)13-3-6-20-7-4-13/h3-4,6-7,9,15H,5,8,10-11H2,1-2H3. The Hall–Kier alpha value is -3.08. The molecule has 156 valence electrons. The van der Waals surface area contributed by atoms with Gasteiger partial charge in [0.2, 0.25) is 11.7 Å². The van der Waals surface area contributed by atoms with Gasteiger partial charge in [0.15, 0.2) is 9.84 Å². The Kier molecular flexibility index (Phi) is 4.07. The second-order valence-electron chi connectivity index (χ2n) is 7.88. The van der Waals surface area contributed by atoms with Crippen molar-refractivity contribution in [1.82, 2.24) is 29.8 Å². The van der Waals surface area contributed by atoms with Crippen LogP contribution in [0, 0.1) is 6.92 Å². The predicted octanol–water partition coefficient (Wildman–Crippen LogP) is 0.970. The summed E-state index contributed by atoms with van der Waals surface area (Å²) in [6.45, 7) is 1.98. The van der Waals surface area contributed by atoms with Crippen LogP contribution in [0.4, 0.5) is 0 Å². The highest BCUT2D eigenvalue weighted by Crippen LogP contribution is 2.50. The monoisotopic (exact) mass is 428 g/mol. The van der Waals surface area contributed by atoms with E-state index in [0.717, 1.165) is 5.56 Å². The topological polar surface area (TPSA) is 124 Å². The molecule has 1 unspecified atom stereocenters. The predicted molar refractivity (Wildman–Crippen MR) is 105 cm³/mol. The summed E-state index contributed by atoms with van der Waals surface area (Å²) < 4.78 is 31.9. The minimum atomic E-state index is -3.41. The molecule has 2 saturated heterocycles. The van der Waals surface area contributed by atoms with E-state index in [1.807, 2.05) is 0 Å². The van der Waals surface area contributed by atoms with Crippen molar-refractivity contribution < 1.29 is 17.7 Å². The zero-order valence-electron chi connectivity index (χ0n) is 16.5. The number of pyridine rings is 1. The van der Waals surface area contributed by atoms with E-state index >= 15 is 0 Å². The van der Waals surface area contributed by atoms with Gasteiger partial charge in [-0.1, -0.05) is 5.16 Å². The fourth-order valence-corrected chi connectivity index (χ4v) is 6.75. The molecule has 0 saturated carbocycles. The highest BCUT2D eigenvalue weighted by atomic mass is 32.2. The summed E-state index contributed by atoms with van der Waals surface area (Å²) in [6, 6.07) is 3.52. The van der Waals surface area contributed by atoms with Crippen LogP contribution in [0.25, 0.3) is 11.4 Å². The van der Waals surface area contributed by atoms with Crippen LogP contribution >= 0.6 is 0 Å². The van der Waals surface area contributed by atoms with Crippen LogP contribution in [-0.4, -0.2) is 67.7 Å². The van der Waals surface area contributed by atoms with Gasteiger partial charge in [0, 0.05) is 44.3 Å². The van der Waals surface area contributed by atoms with Gasteiger partial charge in [0.1, 0.15) is 4.75 Å². The number of carbonyl (C=O) groups is 1. The van der Waals surface area contributed by atoms with Crippen LogP contribution < -0.4 is 0 Å². The molecule has 3 aromatic rings. The van der Waals surface area contributed by atoms with Crippen molar-refractivity contribution >= 4 is 15.7 Å². The number of rotatable bonds is 3. The molecule has 10 nitrogen and oxygen atoms in total. The van der Waals surface area contributed by atoms with Crippen molar-refractivity contribution in [2.75, 3.05) is 18.8 Å². The van der Waals surface area contributed by atoms with E-state index in [-0.39, 0.29) is 24.7 Å². The second-order valence-corrected chi connectivity index (χ2v) is 10.3. The molecule has 1 spiro atoms. The van der Waals surface area contributed by atoms with Crippen molar-refractivity contribution in [2.45, 2.75) is 24.0 Å². The van der Waals surface area contributed by atoms with Gasteiger partial charge >= 0.3 is 0 Å². The Bertz CT molecular complexity index is 1230. The van der Waals surface area contributed by atoms with Crippen molar-refractivity contribution in [2.24, 2.45) is 7.05 Å². The smallest absolute Gasteiger partial charge is 0.257 e. The number of carbonyl (C=O) groups excluding carboxylic acids is 1. The fraction of sp³-hybridized carbons (Fsp3) is 0.421. The summed E-state index contributed by atoms with van der Waals surface area (Å²) in [6.07, 6.45) is 5.31. The summed E-state index contributed by atoms with van der Waals surface area (Å²) in [4.78, 5) is 22.9. The number of hydrogen-bond donors (Lipinski definition) is 0. The maximum Gasteiger partial charge on any atom is 0.257 e. The molecule has 30 heavy (non-hydrogen) atoms. The Balaban J connectivity index is 1.42. The molecule has 1 amide bonds. The lowest BCUT2D eigenvalue weighted by Crippen LogP contribution is -2.67. The molecule has 3 aromatic heterocycles. The first kappa shape index (κ1) is 18.9. The molecule has 11 heteroatoms. The van der Waals surface area contributed by atoms with E-state index < -0.39 is 20.5 Å². The largest absolute Gasteiger partial charge is 0.339 e. The number of likely N-dealkylation sites (tertiary alicyclic amines) is 1. The van der Waals surface area contributed by atoms with Gasteiger partial charge in [-0.2, -0.15) is 10.1 Å². The number of amides is 1. The van der Waals surface area contributed by atoms with E-state index in [9.17, 15) is 13.2 Å². The first-order valence-electron chi connectivity index (χ1n) is 9.56. The van der Waals surface area contributed by atoms with Crippen molar-refractivity contribution in [3.05, 3.63) is 47.9 Å². The third kappa shape index (κ3) is 2.68. The third-order valence-corrected chi connectivity index (χ3v) is 8.61. The molecule has 2 aliphatic rings. The molecule has 5 heterocycles. The summed E-state index contributed by atoms with van der Waals surface area (Å²) in [7, 11) is -1.66. The van der Waals surface area contributed by atoms with Crippen LogP contribution in [0.2, 0.25) is 0 Å². The Morgan fingerprint density at radius 3 is 2.67 bits per heavy atom. The van der Waals surface area contributed by atoms with Crippen LogP contribution in [0.1, 0.15) is 34.3 Å². The zero-order valence-corrected chi connectivity index (χ0v) is 17.3. The van der Waals surface area contributed by atoms with Crippen molar-refractivity contribution in [1.29, 1.82) is 0 Å². The van der Waals surface area contributed by atoms with E-state index in [1.54, 1.807) is 54.3 Å². The molecule has 1 atom stereocenters. The minimum Gasteiger partial charge on any atom is -0.339 e. The van der Waals surface area contributed by atoms with Gasteiger partial charge in [0.05, 0.1) is 22.9 Å². The minimum absolute atomic E-state index is 0.0403. The first-order chi connectivity index (χ1) is 14.3. The lowest BCUT2D eigenvalue weighted by molar-refractivity contribution is 0.0503. The Morgan fingerprint density at radius 2 is 2.00 bits per heavy atom. The first-order valence-corrected chi connectivity index (χ1v) is 11.2. The summed E-state index contributed by atoms with van der Waals surface area (Å²) in [5.74, 6) is 0.0795. The highest BCUT2D eigenvalue weighted by molar-refractivity contribution is 7.93. The van der Waals surface area contributed by atoms with Gasteiger partial charge in [-0.25, -0.2) is 8.42 Å². The van der Waals surface area contributed by atoms with Crippen LogP contribution in [0.5, 0.6) is 0 Å². The van der Waals surface area contributed by atoms with E-state index in [4.69, 9.17) is 4.52 Å². The average Bonchev–Trinajstić information content (AvgIpc) is 3.36. The molecule has 2 aliphatic heterocycles. The average molecular weight is 428 g/mol. The van der Waals surface area contributed by atoms with Gasteiger partial charge in [0.25, 0.3) is 5.91 Å². The molecule has 0 N–H and O–H groups in total. The molecule has 2 fully saturated rings. The second kappa shape index (κ2) is 6.46. The maximum atomic E-state index is 12.9. The van der Waals surface area contributed by atoms with Crippen LogP contribution in [-0.2, 0) is 16.9 Å². The number of aryl methyl sites for hydroxylation is 2. The number of aromatic nitrogens is 5. The molecular formula is C19H20N6O4S. The van der Waals surface area contributed by atoms with E-state index in [0.29, 0.717) is 29.4 Å². The Labute approximate surface area is 172 Å². The summed E-state index contributed by atoms with van der Waals surface area (Å²) in [5.41, 5.74) is 1.85. The van der Waals surface area contributed by atoms with Gasteiger partial charge in [-0.05, 0) is 25.5 Å². The van der Waals surface area contributed by atoms with Crippen LogP contribution in [0.15, 0.2) is 35.2 Å². The highest BCUT2D eigenvalue weighted by Gasteiger charge is 2.64. The zero-order chi connectivity index (χ0) is 21.1. The third-order valence-electron chi connectivity index (χ3n) is 6.06. The lowest BCUT2D eigenvalue weighted by atomic mass is 9.82. The van der Waals surface area contributed by atoms with Crippen molar-refractivity contribution in [3.63, 3.8) is 0 Å². The molecule has 5 rings (SSSR count). The number of sulfone groups is 1. The summed E-state index contributed by atoms with van der Waals surface area (Å²) in [5, 5.41) is 8.22. The van der Waals surface area contributed by atoms with E-state index in [2.05, 4.69) is 20.2 Å². The van der Waals surface area contributed by atoms with E-state index in [1.165, 1.54) is 0 Å². The quantitative estimate of drug-likeness (QED) is 0.604. The fourth-order valence-electron chi connectivity index (χ4n) is 4.44. The normalized spacial score (nSPS) is 21.7. The van der Waals surface area contributed by atoms with Gasteiger partial charge < -0.3 is 9.42 Å². The summed E-state index contributed by atoms with van der Waals surface area (Å²) >= 11 is 0. The Morgan fingerprint density at radius 1 is 1.27 bits per heavy atom. The molecule has 0 radical (unpaired) electrons. The SMILES string of the molecule is Cc1nn(C)cc1C(=O)N1CC2(C1)C(c1nc(-c3ccncc3)no1)CCS2(=O)=O. The molecule has 0 aliphatic carbocycles. The van der Waals surface area contributed by atoms with Gasteiger partial charge in [-0.15, -0.1) is 0 Å². The maximum absolute atomic E-state index is 12.9. The molecular weight excluding hydrogens is 408 g/mol. The van der Waals surface area contributed by atoms with Crippen molar-refractivity contribution in [3.8, 4) is 11.4 Å². The molecule has 0 bridgehead atoms. The van der Waals surface area contributed by atoms with Crippen LogP contribution in [0.3, 0.4) is 0 Å².